The third-order valence-electron chi connectivity index (χ3n) is 2.97. The predicted octanol–water partition coefficient (Wildman–Crippen LogP) is 2.55. The molecule has 1 aliphatic rings. The molecule has 0 spiro atoms. The summed E-state index contributed by atoms with van der Waals surface area (Å²) in [6, 6.07) is 0. The first-order chi connectivity index (χ1) is 6.08. The fraction of sp³-hybridized carbons (Fsp3) is 0.700. The van der Waals surface area contributed by atoms with E-state index in [0.29, 0.717) is 17.0 Å². The molecular weight excluding hydrogens is 164 g/mol. The minimum Gasteiger partial charge on any atom is -0.395 e. The molecule has 1 saturated carbocycles. The minimum atomic E-state index is 0.434. The van der Waals surface area contributed by atoms with E-state index in [2.05, 4.69) is 19.0 Å². The Kier molecular flexibility index (Phi) is 1.82. The number of nitrogens with two attached hydrogens (primary N) is 1. The highest BCUT2D eigenvalue weighted by Crippen LogP contribution is 2.47. The zero-order valence-electron chi connectivity index (χ0n) is 8.21. The molecule has 0 radical (unpaired) electrons. The lowest BCUT2D eigenvalue weighted by atomic mass is 9.90. The zero-order chi connectivity index (χ0) is 9.47. The van der Waals surface area contributed by atoms with Crippen molar-refractivity contribution in [2.24, 2.45) is 5.41 Å². The van der Waals surface area contributed by atoms with E-state index in [-0.39, 0.29) is 0 Å². The summed E-state index contributed by atoms with van der Waals surface area (Å²) in [5.41, 5.74) is 6.90. The zero-order valence-corrected chi connectivity index (χ0v) is 8.21. The van der Waals surface area contributed by atoms with Crippen LogP contribution in [0.25, 0.3) is 0 Å². The second kappa shape index (κ2) is 2.76. The topological polar surface area (TPSA) is 52.0 Å². The number of nitrogens with zero attached hydrogens (tertiary/aromatic N) is 1. The monoisotopic (exact) mass is 180 g/mol. The molecule has 0 aromatic carbocycles. The molecule has 1 aromatic heterocycles. The van der Waals surface area contributed by atoms with Crippen molar-refractivity contribution in [3.05, 3.63) is 12.0 Å². The van der Waals surface area contributed by atoms with Gasteiger partial charge in [0.05, 0.1) is 11.9 Å². The van der Waals surface area contributed by atoms with E-state index in [1.54, 1.807) is 6.20 Å². The standard InChI is InChI=1S/C10H16N2O/c1-10(2)4-3-7(5-10)9-8(11)6-12-13-9/h6-7H,3-5,11H2,1-2H3. The normalized spacial score (nSPS) is 26.5. The summed E-state index contributed by atoms with van der Waals surface area (Å²) >= 11 is 0. The van der Waals surface area contributed by atoms with E-state index in [0.717, 1.165) is 12.2 Å². The van der Waals surface area contributed by atoms with Crippen molar-refractivity contribution in [1.82, 2.24) is 5.16 Å². The molecule has 3 heteroatoms. The summed E-state index contributed by atoms with van der Waals surface area (Å²) in [4.78, 5) is 0. The molecule has 13 heavy (non-hydrogen) atoms. The van der Waals surface area contributed by atoms with Crippen LogP contribution in [0.3, 0.4) is 0 Å². The van der Waals surface area contributed by atoms with Gasteiger partial charge in [0.25, 0.3) is 0 Å². The van der Waals surface area contributed by atoms with Crippen molar-refractivity contribution in [3.63, 3.8) is 0 Å². The Hall–Kier alpha value is -0.990. The second-order valence-electron chi connectivity index (χ2n) is 4.75. The Labute approximate surface area is 78.3 Å². The Morgan fingerprint density at radius 1 is 1.62 bits per heavy atom. The minimum absolute atomic E-state index is 0.434. The van der Waals surface area contributed by atoms with E-state index in [9.17, 15) is 0 Å². The van der Waals surface area contributed by atoms with Crippen molar-refractivity contribution in [2.75, 3.05) is 5.73 Å². The molecule has 0 saturated heterocycles. The first kappa shape index (κ1) is 8.60. The van der Waals surface area contributed by atoms with E-state index in [4.69, 9.17) is 10.3 Å². The molecule has 1 heterocycles. The van der Waals surface area contributed by atoms with E-state index < -0.39 is 0 Å². The van der Waals surface area contributed by atoms with Crippen LogP contribution in [-0.2, 0) is 0 Å². The maximum atomic E-state index is 5.75. The highest BCUT2D eigenvalue weighted by Gasteiger charge is 2.34. The van der Waals surface area contributed by atoms with Crippen LogP contribution in [0, 0.1) is 5.41 Å². The van der Waals surface area contributed by atoms with E-state index in [1.807, 2.05) is 0 Å². The fourth-order valence-corrected chi connectivity index (χ4v) is 2.23. The summed E-state index contributed by atoms with van der Waals surface area (Å²) in [6.45, 7) is 4.58. The van der Waals surface area contributed by atoms with Crippen LogP contribution < -0.4 is 5.73 Å². The quantitative estimate of drug-likeness (QED) is 0.722. The van der Waals surface area contributed by atoms with Crippen molar-refractivity contribution in [1.29, 1.82) is 0 Å². The van der Waals surface area contributed by atoms with Gasteiger partial charge in [0.2, 0.25) is 0 Å². The predicted molar refractivity (Wildman–Crippen MR) is 51.3 cm³/mol. The van der Waals surface area contributed by atoms with Crippen molar-refractivity contribution in [2.45, 2.75) is 39.0 Å². The SMILES string of the molecule is CC1(C)CCC(c2oncc2N)C1. The highest BCUT2D eigenvalue weighted by molar-refractivity contribution is 5.40. The Morgan fingerprint density at radius 2 is 2.38 bits per heavy atom. The summed E-state index contributed by atoms with van der Waals surface area (Å²) in [7, 11) is 0. The molecular formula is C10H16N2O. The molecule has 2 rings (SSSR count). The van der Waals surface area contributed by atoms with Crippen LogP contribution in [0.1, 0.15) is 44.8 Å². The number of aromatic nitrogens is 1. The first-order valence-electron chi connectivity index (χ1n) is 4.78. The van der Waals surface area contributed by atoms with Crippen molar-refractivity contribution < 1.29 is 4.52 Å². The van der Waals surface area contributed by atoms with Gasteiger partial charge in [-0.25, -0.2) is 0 Å². The lowest BCUT2D eigenvalue weighted by Crippen LogP contribution is -2.04. The summed E-state index contributed by atoms with van der Waals surface area (Å²) in [5, 5.41) is 3.71. The van der Waals surface area contributed by atoms with Gasteiger partial charge in [-0.2, -0.15) is 0 Å². The van der Waals surface area contributed by atoms with Crippen LogP contribution in [0.15, 0.2) is 10.7 Å². The van der Waals surface area contributed by atoms with Gasteiger partial charge >= 0.3 is 0 Å². The largest absolute Gasteiger partial charge is 0.395 e. The third-order valence-corrected chi connectivity index (χ3v) is 2.97. The molecule has 1 unspecified atom stereocenters. The smallest absolute Gasteiger partial charge is 0.162 e. The molecule has 3 nitrogen and oxygen atoms in total. The molecule has 0 amide bonds. The molecule has 1 fully saturated rings. The van der Waals surface area contributed by atoms with Crippen LogP contribution in [0.2, 0.25) is 0 Å². The van der Waals surface area contributed by atoms with Crippen LogP contribution >= 0.6 is 0 Å². The summed E-state index contributed by atoms with van der Waals surface area (Å²) < 4.78 is 5.17. The Morgan fingerprint density at radius 3 is 2.85 bits per heavy atom. The average Bonchev–Trinajstić information content (AvgIpc) is 2.56. The van der Waals surface area contributed by atoms with E-state index in [1.165, 1.54) is 12.8 Å². The molecule has 0 bridgehead atoms. The third kappa shape index (κ3) is 1.55. The van der Waals surface area contributed by atoms with Gasteiger partial charge in [0, 0.05) is 5.92 Å². The molecule has 1 aliphatic carbocycles. The molecule has 72 valence electrons. The Bertz CT molecular complexity index is 304. The van der Waals surface area contributed by atoms with Gasteiger partial charge in [0.15, 0.2) is 5.76 Å². The van der Waals surface area contributed by atoms with Gasteiger partial charge in [-0.05, 0) is 24.7 Å². The van der Waals surface area contributed by atoms with Crippen LogP contribution in [-0.4, -0.2) is 5.16 Å². The summed E-state index contributed by atoms with van der Waals surface area (Å²) in [6.07, 6.45) is 5.18. The number of anilines is 1. The van der Waals surface area contributed by atoms with Crippen molar-refractivity contribution in [3.8, 4) is 0 Å². The molecule has 2 N–H and O–H groups in total. The average molecular weight is 180 g/mol. The molecule has 1 atom stereocenters. The molecule has 0 aliphatic heterocycles. The maximum Gasteiger partial charge on any atom is 0.162 e. The number of nitrogen functional groups attached to an aromatic ring is 1. The highest BCUT2D eigenvalue weighted by atomic mass is 16.5. The lowest BCUT2D eigenvalue weighted by molar-refractivity contribution is 0.337. The Balaban J connectivity index is 2.17. The second-order valence-corrected chi connectivity index (χ2v) is 4.75. The first-order valence-corrected chi connectivity index (χ1v) is 4.78. The maximum absolute atomic E-state index is 5.75. The number of rotatable bonds is 1. The van der Waals surface area contributed by atoms with Gasteiger partial charge in [-0.3, -0.25) is 0 Å². The van der Waals surface area contributed by atoms with Crippen LogP contribution in [0.5, 0.6) is 0 Å². The molecule has 1 aromatic rings. The van der Waals surface area contributed by atoms with Gasteiger partial charge in [0.1, 0.15) is 0 Å². The number of hydrogen-bond acceptors (Lipinski definition) is 3. The summed E-state index contributed by atoms with van der Waals surface area (Å²) in [5.74, 6) is 1.38. The van der Waals surface area contributed by atoms with E-state index >= 15 is 0 Å². The lowest BCUT2D eigenvalue weighted by Gasteiger charge is -2.15. The van der Waals surface area contributed by atoms with Gasteiger partial charge in [-0.15, -0.1) is 0 Å². The van der Waals surface area contributed by atoms with Gasteiger partial charge < -0.3 is 10.3 Å². The number of hydrogen-bond donors (Lipinski definition) is 1. The van der Waals surface area contributed by atoms with Crippen LogP contribution in [0.4, 0.5) is 5.69 Å². The fourth-order valence-electron chi connectivity index (χ4n) is 2.23. The van der Waals surface area contributed by atoms with Crippen molar-refractivity contribution >= 4 is 5.69 Å². The van der Waals surface area contributed by atoms with Gasteiger partial charge in [-0.1, -0.05) is 19.0 Å².